The number of carbonyl (C=O) groups excluding carboxylic acids is 1. The Morgan fingerprint density at radius 2 is 1.67 bits per heavy atom. The van der Waals surface area contributed by atoms with E-state index in [0.717, 1.165) is 5.56 Å². The zero-order chi connectivity index (χ0) is 19.9. The minimum Gasteiger partial charge on any atom is -0.405 e. The van der Waals surface area contributed by atoms with Crippen molar-refractivity contribution in [3.8, 4) is 5.75 Å². The predicted octanol–water partition coefficient (Wildman–Crippen LogP) is 3.69. The summed E-state index contributed by atoms with van der Waals surface area (Å²) in [6.07, 6.45) is -4.78. The van der Waals surface area contributed by atoms with E-state index in [1.54, 1.807) is 6.07 Å². The number of rotatable bonds is 7. The molecule has 5 nitrogen and oxygen atoms in total. The predicted molar refractivity (Wildman–Crippen MR) is 96.2 cm³/mol. The van der Waals surface area contributed by atoms with Gasteiger partial charge < -0.3 is 20.3 Å². The Labute approximate surface area is 156 Å². The van der Waals surface area contributed by atoms with E-state index >= 15 is 0 Å². The number of carbonyl (C=O) groups is 1. The van der Waals surface area contributed by atoms with E-state index in [4.69, 9.17) is 0 Å². The molecule has 0 saturated carbocycles. The van der Waals surface area contributed by atoms with Crippen LogP contribution >= 0.6 is 0 Å². The van der Waals surface area contributed by atoms with Gasteiger partial charge in [0.2, 0.25) is 0 Å². The van der Waals surface area contributed by atoms with Crippen molar-refractivity contribution >= 4 is 6.03 Å². The standard InChI is InChI=1S/C19H22F3N3O2/c1-25(2)16(14-8-4-3-5-9-14)13-24-18(26)23-12-15-10-6-7-11-17(15)27-19(20,21)22/h3-11,16H,12-13H2,1-2H3,(H2,23,24,26). The fraction of sp³-hybridized carbons (Fsp3) is 0.316. The lowest BCUT2D eigenvalue weighted by atomic mass is 10.1. The quantitative estimate of drug-likeness (QED) is 0.769. The summed E-state index contributed by atoms with van der Waals surface area (Å²) in [4.78, 5) is 14.0. The fourth-order valence-corrected chi connectivity index (χ4v) is 2.58. The number of halogens is 3. The molecule has 0 aliphatic carbocycles. The molecule has 0 aliphatic rings. The Kier molecular flexibility index (Phi) is 7.06. The number of amides is 2. The number of likely N-dealkylation sites (N-methyl/N-ethyl adjacent to an activating group) is 1. The molecular weight excluding hydrogens is 359 g/mol. The van der Waals surface area contributed by atoms with Gasteiger partial charge in [-0.2, -0.15) is 0 Å². The lowest BCUT2D eigenvalue weighted by molar-refractivity contribution is -0.274. The molecule has 0 spiro atoms. The van der Waals surface area contributed by atoms with Gasteiger partial charge in [0, 0.05) is 18.7 Å². The van der Waals surface area contributed by atoms with Gasteiger partial charge >= 0.3 is 12.4 Å². The van der Waals surface area contributed by atoms with Gasteiger partial charge in [-0.25, -0.2) is 4.79 Å². The summed E-state index contributed by atoms with van der Waals surface area (Å²) in [6, 6.07) is 14.9. The zero-order valence-corrected chi connectivity index (χ0v) is 15.1. The summed E-state index contributed by atoms with van der Waals surface area (Å²) in [6.45, 7) is 0.263. The molecule has 0 saturated heterocycles. The van der Waals surface area contributed by atoms with Gasteiger partial charge in [0.25, 0.3) is 0 Å². The monoisotopic (exact) mass is 381 g/mol. The highest BCUT2D eigenvalue weighted by molar-refractivity contribution is 5.74. The molecule has 8 heteroatoms. The van der Waals surface area contributed by atoms with Crippen LogP contribution in [0.15, 0.2) is 54.6 Å². The number of nitrogens with zero attached hydrogens (tertiary/aromatic N) is 1. The molecule has 0 bridgehead atoms. The summed E-state index contributed by atoms with van der Waals surface area (Å²) in [5.74, 6) is -0.333. The molecule has 0 fully saturated rings. The normalized spacial score (nSPS) is 12.5. The molecule has 0 heterocycles. The van der Waals surface area contributed by atoms with Crippen LogP contribution in [0.25, 0.3) is 0 Å². The van der Waals surface area contributed by atoms with Crippen molar-refractivity contribution in [2.45, 2.75) is 18.9 Å². The third kappa shape index (κ3) is 6.82. The van der Waals surface area contributed by atoms with Crippen LogP contribution in [0.1, 0.15) is 17.2 Å². The van der Waals surface area contributed by atoms with Gasteiger partial charge in [-0.05, 0) is 25.7 Å². The second kappa shape index (κ2) is 9.27. The highest BCUT2D eigenvalue weighted by atomic mass is 19.4. The zero-order valence-electron chi connectivity index (χ0n) is 15.1. The molecule has 2 aromatic rings. The summed E-state index contributed by atoms with van der Waals surface area (Å²) in [5, 5.41) is 5.30. The second-order valence-electron chi connectivity index (χ2n) is 6.11. The number of urea groups is 1. The van der Waals surface area contributed by atoms with Gasteiger partial charge in [-0.3, -0.25) is 0 Å². The number of alkyl halides is 3. The van der Waals surface area contributed by atoms with Crippen molar-refractivity contribution in [1.29, 1.82) is 0 Å². The number of nitrogens with one attached hydrogen (secondary N) is 2. The minimum absolute atomic E-state index is 0.0298. The molecule has 0 radical (unpaired) electrons. The Balaban J connectivity index is 1.91. The Morgan fingerprint density at radius 3 is 2.30 bits per heavy atom. The molecule has 2 amide bonds. The average molecular weight is 381 g/mol. The molecule has 27 heavy (non-hydrogen) atoms. The Hall–Kier alpha value is -2.74. The third-order valence-electron chi connectivity index (χ3n) is 3.90. The van der Waals surface area contributed by atoms with E-state index in [1.165, 1.54) is 18.2 Å². The number of ether oxygens (including phenoxy) is 1. The summed E-state index contributed by atoms with van der Waals surface area (Å²) in [5.41, 5.74) is 1.28. The average Bonchev–Trinajstić information content (AvgIpc) is 2.60. The molecule has 2 N–H and O–H groups in total. The second-order valence-corrected chi connectivity index (χ2v) is 6.11. The third-order valence-corrected chi connectivity index (χ3v) is 3.90. The van der Waals surface area contributed by atoms with Gasteiger partial charge in [-0.15, -0.1) is 13.2 Å². The van der Waals surface area contributed by atoms with Crippen molar-refractivity contribution in [2.24, 2.45) is 0 Å². The fourth-order valence-electron chi connectivity index (χ4n) is 2.58. The van der Waals surface area contributed by atoms with Gasteiger partial charge in [-0.1, -0.05) is 48.5 Å². The smallest absolute Gasteiger partial charge is 0.405 e. The molecule has 1 atom stereocenters. The summed E-state index contributed by atoms with van der Waals surface area (Å²) >= 11 is 0. The molecule has 2 rings (SSSR count). The van der Waals surface area contributed by atoms with Crippen molar-refractivity contribution in [2.75, 3.05) is 20.6 Å². The maximum Gasteiger partial charge on any atom is 0.573 e. The van der Waals surface area contributed by atoms with Gasteiger partial charge in [0.05, 0.1) is 6.04 Å². The van der Waals surface area contributed by atoms with Crippen molar-refractivity contribution < 1.29 is 22.7 Å². The lowest BCUT2D eigenvalue weighted by Gasteiger charge is -2.25. The largest absolute Gasteiger partial charge is 0.573 e. The molecule has 0 aromatic heterocycles. The van der Waals surface area contributed by atoms with Crippen LogP contribution in [0, 0.1) is 0 Å². The lowest BCUT2D eigenvalue weighted by Crippen LogP contribution is -2.40. The molecule has 2 aromatic carbocycles. The van der Waals surface area contributed by atoms with Gasteiger partial charge in [0.1, 0.15) is 5.75 Å². The summed E-state index contributed by atoms with van der Waals surface area (Å²) in [7, 11) is 3.81. The minimum atomic E-state index is -4.78. The van der Waals surface area contributed by atoms with E-state index in [2.05, 4.69) is 15.4 Å². The van der Waals surface area contributed by atoms with E-state index < -0.39 is 12.4 Å². The molecule has 1 unspecified atom stereocenters. The van der Waals surface area contributed by atoms with Crippen LogP contribution in [-0.2, 0) is 6.54 Å². The van der Waals surface area contributed by atoms with Crippen LogP contribution in [0.3, 0.4) is 0 Å². The first-order valence-electron chi connectivity index (χ1n) is 8.33. The van der Waals surface area contributed by atoms with Crippen molar-refractivity contribution in [1.82, 2.24) is 15.5 Å². The highest BCUT2D eigenvalue weighted by Crippen LogP contribution is 2.26. The maximum atomic E-state index is 12.4. The SMILES string of the molecule is CN(C)C(CNC(=O)NCc1ccccc1OC(F)(F)F)c1ccccc1. The number of hydrogen-bond donors (Lipinski definition) is 2. The number of hydrogen-bond acceptors (Lipinski definition) is 3. The van der Waals surface area contributed by atoms with E-state index in [1.807, 2.05) is 49.3 Å². The van der Waals surface area contributed by atoms with Crippen LogP contribution in [0.4, 0.5) is 18.0 Å². The molecular formula is C19H22F3N3O2. The Bertz CT molecular complexity index is 736. The van der Waals surface area contributed by atoms with Crippen LogP contribution in [-0.4, -0.2) is 37.9 Å². The van der Waals surface area contributed by atoms with E-state index in [0.29, 0.717) is 6.54 Å². The van der Waals surface area contributed by atoms with Crippen LogP contribution in [0.5, 0.6) is 5.75 Å². The van der Waals surface area contributed by atoms with Crippen molar-refractivity contribution in [3.05, 3.63) is 65.7 Å². The topological polar surface area (TPSA) is 53.6 Å². The van der Waals surface area contributed by atoms with Crippen molar-refractivity contribution in [3.63, 3.8) is 0 Å². The Morgan fingerprint density at radius 1 is 1.04 bits per heavy atom. The first-order valence-corrected chi connectivity index (χ1v) is 8.33. The first-order chi connectivity index (χ1) is 12.8. The van der Waals surface area contributed by atoms with E-state index in [-0.39, 0.29) is 23.9 Å². The maximum absolute atomic E-state index is 12.4. The highest BCUT2D eigenvalue weighted by Gasteiger charge is 2.32. The van der Waals surface area contributed by atoms with E-state index in [9.17, 15) is 18.0 Å². The molecule has 146 valence electrons. The number of para-hydroxylation sites is 1. The van der Waals surface area contributed by atoms with Crippen LogP contribution < -0.4 is 15.4 Å². The van der Waals surface area contributed by atoms with Crippen LogP contribution in [0.2, 0.25) is 0 Å². The first kappa shape index (κ1) is 20.6. The summed E-state index contributed by atoms with van der Waals surface area (Å²) < 4.78 is 41.3. The molecule has 0 aliphatic heterocycles. The van der Waals surface area contributed by atoms with Gasteiger partial charge in [0.15, 0.2) is 0 Å². The number of benzene rings is 2.